The van der Waals surface area contributed by atoms with Gasteiger partial charge in [0.1, 0.15) is 0 Å². The third kappa shape index (κ3) is 4.96. The zero-order valence-corrected chi connectivity index (χ0v) is 17.0. The first-order valence-electron chi connectivity index (χ1n) is 8.69. The second kappa shape index (κ2) is 10.1. The summed E-state index contributed by atoms with van der Waals surface area (Å²) in [5, 5.41) is 12.4. The minimum Gasteiger partial charge on any atom is -0.384 e. The number of aliphatic imine (C=N–C) groups is 1. The largest absolute Gasteiger partial charge is 0.384 e. The van der Waals surface area contributed by atoms with Gasteiger partial charge in [0.25, 0.3) is 0 Å². The van der Waals surface area contributed by atoms with Crippen molar-refractivity contribution in [3.8, 4) is 0 Å². The van der Waals surface area contributed by atoms with E-state index < -0.39 is 6.55 Å². The highest BCUT2D eigenvalue weighted by Gasteiger charge is 2.36. The first kappa shape index (κ1) is 20.9. The minimum atomic E-state index is -2.68. The Morgan fingerprint density at radius 1 is 1.57 bits per heavy atom. The van der Waals surface area contributed by atoms with Crippen molar-refractivity contribution in [3.05, 3.63) is 39.6 Å². The van der Waals surface area contributed by atoms with Crippen LogP contribution in [0, 0.1) is 5.41 Å². The van der Waals surface area contributed by atoms with Crippen LogP contribution >= 0.6 is 23.3 Å². The number of amidine groups is 1. The predicted molar refractivity (Wildman–Crippen MR) is 109 cm³/mol. The van der Waals surface area contributed by atoms with E-state index in [2.05, 4.69) is 19.6 Å². The smallest absolute Gasteiger partial charge is 0.312 e. The van der Waals surface area contributed by atoms with Crippen LogP contribution in [0.15, 0.2) is 39.6 Å². The minimum absolute atomic E-state index is 0.171. The molecule has 0 aromatic carbocycles. The lowest BCUT2D eigenvalue weighted by molar-refractivity contribution is 0.125. The maximum atomic E-state index is 12.6. The number of methoxy groups -OCH3 is 1. The van der Waals surface area contributed by atoms with Gasteiger partial charge in [-0.2, -0.15) is 8.78 Å². The molecule has 0 aliphatic carbocycles. The molecule has 11 heteroatoms. The number of nitrogens with zero attached hydrogens (tertiary/aromatic N) is 3. The molecule has 0 amide bonds. The van der Waals surface area contributed by atoms with Gasteiger partial charge in [-0.1, -0.05) is 11.9 Å². The van der Waals surface area contributed by atoms with Crippen molar-refractivity contribution < 1.29 is 13.5 Å². The Kier molecular flexibility index (Phi) is 7.54. The van der Waals surface area contributed by atoms with Crippen LogP contribution in [-0.2, 0) is 4.74 Å². The molecule has 28 heavy (non-hydrogen) atoms. The number of fused-ring (bicyclic) bond motifs is 1. The second-order valence-electron chi connectivity index (χ2n) is 6.08. The summed E-state index contributed by atoms with van der Waals surface area (Å²) in [6.45, 7) is -0.987. The molecule has 1 fully saturated rings. The lowest BCUT2D eigenvalue weighted by atomic mass is 10.0. The Morgan fingerprint density at radius 2 is 2.43 bits per heavy atom. The Labute approximate surface area is 170 Å². The molecule has 1 unspecified atom stereocenters. The van der Waals surface area contributed by atoms with E-state index in [1.165, 1.54) is 17.5 Å². The number of rotatable bonds is 10. The lowest BCUT2D eigenvalue weighted by Crippen LogP contribution is -2.35. The number of thiazole rings is 1. The van der Waals surface area contributed by atoms with Crippen LogP contribution < -0.4 is 10.0 Å². The fourth-order valence-corrected chi connectivity index (χ4v) is 4.51. The molecule has 0 spiro atoms. The van der Waals surface area contributed by atoms with Crippen molar-refractivity contribution >= 4 is 35.3 Å². The molecule has 152 valence electrons. The molecular weight excluding hydrogens is 406 g/mol. The Hall–Kier alpha value is -1.82. The molecule has 1 saturated heterocycles. The maximum Gasteiger partial charge on any atom is 0.312 e. The van der Waals surface area contributed by atoms with Crippen LogP contribution in [0.2, 0.25) is 0 Å². The van der Waals surface area contributed by atoms with Crippen molar-refractivity contribution in [1.82, 2.24) is 19.9 Å². The highest BCUT2D eigenvalue weighted by molar-refractivity contribution is 7.97. The van der Waals surface area contributed by atoms with E-state index in [-0.39, 0.29) is 6.04 Å². The molecule has 0 bridgehead atoms. The molecule has 3 rings (SSSR count). The molecule has 0 saturated carbocycles. The quantitative estimate of drug-likeness (QED) is 0.230. The predicted octanol–water partition coefficient (Wildman–Crippen LogP) is 2.46. The molecule has 7 nitrogen and oxygen atoms in total. The molecule has 1 atom stereocenters. The van der Waals surface area contributed by atoms with Gasteiger partial charge in [0, 0.05) is 72.7 Å². The van der Waals surface area contributed by atoms with Crippen molar-refractivity contribution in [1.29, 1.82) is 5.41 Å². The van der Waals surface area contributed by atoms with Gasteiger partial charge in [-0.25, -0.2) is 4.98 Å². The van der Waals surface area contributed by atoms with Crippen molar-refractivity contribution in [2.45, 2.75) is 19.0 Å². The van der Waals surface area contributed by atoms with Gasteiger partial charge in [0.05, 0.1) is 13.2 Å². The van der Waals surface area contributed by atoms with Crippen LogP contribution in [-0.4, -0.2) is 67.1 Å². The molecule has 3 N–H and O–H groups in total. The summed E-state index contributed by atoms with van der Waals surface area (Å²) in [4.78, 5) is 11.1. The number of hydrogen-bond acceptors (Lipinski definition) is 9. The van der Waals surface area contributed by atoms with Crippen LogP contribution in [0.5, 0.6) is 0 Å². The van der Waals surface area contributed by atoms with Crippen LogP contribution in [0.3, 0.4) is 0 Å². The van der Waals surface area contributed by atoms with Gasteiger partial charge in [-0.05, 0) is 0 Å². The summed E-state index contributed by atoms with van der Waals surface area (Å²) < 4.78 is 33.6. The maximum absolute atomic E-state index is 12.6. The molecule has 0 radical (unpaired) electrons. The SMILES string of the molecule is COCCSNC1CC2=C(/C(C=N)=C/NC(F)F)CN=C(c3nccs3)N2C1. The van der Waals surface area contributed by atoms with Crippen LogP contribution in [0.1, 0.15) is 11.4 Å². The molecule has 2 aliphatic rings. The number of alkyl halides is 2. The van der Waals surface area contributed by atoms with E-state index in [1.54, 1.807) is 25.3 Å². The van der Waals surface area contributed by atoms with Gasteiger partial charge >= 0.3 is 6.55 Å². The van der Waals surface area contributed by atoms with E-state index in [0.29, 0.717) is 25.3 Å². The van der Waals surface area contributed by atoms with Crippen LogP contribution in [0.4, 0.5) is 8.78 Å². The number of ether oxygens (including phenoxy) is 1. The van der Waals surface area contributed by atoms with E-state index >= 15 is 0 Å². The normalized spacial score (nSPS) is 19.9. The molecule has 1 aromatic rings. The summed E-state index contributed by atoms with van der Waals surface area (Å²) in [7, 11) is 1.67. The lowest BCUT2D eigenvalue weighted by Gasteiger charge is -2.28. The average Bonchev–Trinajstić information content (AvgIpc) is 3.35. The Bertz CT molecular complexity index is 766. The number of halogens is 2. The number of hydrogen-bond donors (Lipinski definition) is 3. The van der Waals surface area contributed by atoms with E-state index in [9.17, 15) is 8.78 Å². The topological polar surface area (TPSA) is 85.6 Å². The van der Waals surface area contributed by atoms with E-state index in [0.717, 1.165) is 40.5 Å². The van der Waals surface area contributed by atoms with E-state index in [1.807, 2.05) is 10.7 Å². The summed E-state index contributed by atoms with van der Waals surface area (Å²) in [6.07, 6.45) is 4.74. The van der Waals surface area contributed by atoms with Gasteiger partial charge in [-0.15, -0.1) is 11.3 Å². The fraction of sp³-hybridized carbons (Fsp3) is 0.471. The summed E-state index contributed by atoms with van der Waals surface area (Å²) in [5.74, 6) is 1.63. The van der Waals surface area contributed by atoms with Crippen molar-refractivity contribution in [3.63, 3.8) is 0 Å². The first-order valence-corrected chi connectivity index (χ1v) is 10.6. The third-order valence-electron chi connectivity index (χ3n) is 4.29. The van der Waals surface area contributed by atoms with E-state index in [4.69, 9.17) is 10.1 Å². The second-order valence-corrected chi connectivity index (χ2v) is 7.91. The molecule has 3 heterocycles. The van der Waals surface area contributed by atoms with Gasteiger partial charge in [0.2, 0.25) is 0 Å². The summed E-state index contributed by atoms with van der Waals surface area (Å²) in [5.41, 5.74) is 2.19. The Balaban J connectivity index is 1.84. The molecular formula is C17H22F2N6OS2. The monoisotopic (exact) mass is 428 g/mol. The highest BCUT2D eigenvalue weighted by Crippen LogP contribution is 2.34. The van der Waals surface area contributed by atoms with Crippen LogP contribution in [0.25, 0.3) is 0 Å². The fourth-order valence-electron chi connectivity index (χ4n) is 3.09. The van der Waals surface area contributed by atoms with Crippen molar-refractivity contribution in [2.24, 2.45) is 4.99 Å². The summed E-state index contributed by atoms with van der Waals surface area (Å²) in [6, 6.07) is 0.171. The Morgan fingerprint density at radius 3 is 3.11 bits per heavy atom. The third-order valence-corrected chi connectivity index (χ3v) is 5.93. The molecule has 2 aliphatic heterocycles. The molecule has 1 aromatic heterocycles. The van der Waals surface area contributed by atoms with Gasteiger partial charge in [0.15, 0.2) is 10.8 Å². The zero-order valence-electron chi connectivity index (χ0n) is 15.3. The number of aromatic nitrogens is 1. The number of nitrogens with one attached hydrogen (secondary N) is 3. The zero-order chi connectivity index (χ0) is 19.9. The van der Waals surface area contributed by atoms with Gasteiger partial charge in [-0.3, -0.25) is 9.71 Å². The first-order chi connectivity index (χ1) is 13.6. The van der Waals surface area contributed by atoms with Gasteiger partial charge < -0.3 is 20.4 Å². The summed E-state index contributed by atoms with van der Waals surface area (Å²) >= 11 is 3.12. The standard InChI is InChI=1S/C17H22F2N6OS2/c1-26-3-5-28-24-12-6-14-13(11(7-20)8-23-17(18)19)9-22-15(25(14)10-12)16-21-2-4-27-16/h2,4,7-8,12,17,20,23-24H,3,5-6,9-10H2,1H3/b11-8+,20-7?. The average molecular weight is 429 g/mol. The van der Waals surface area contributed by atoms with Crippen molar-refractivity contribution in [2.75, 3.05) is 32.6 Å². The highest BCUT2D eigenvalue weighted by atomic mass is 32.2.